The molecule has 0 atom stereocenters. The minimum atomic E-state index is 0.393. The SMILES string of the molecule is COc1ccc(N)c(OCc2ncccc2C)c1. The fourth-order valence-electron chi connectivity index (χ4n) is 1.58. The van der Waals surface area contributed by atoms with Crippen molar-refractivity contribution in [3.63, 3.8) is 0 Å². The van der Waals surface area contributed by atoms with Gasteiger partial charge in [-0.1, -0.05) is 6.07 Å². The Morgan fingerprint density at radius 1 is 1.28 bits per heavy atom. The summed E-state index contributed by atoms with van der Waals surface area (Å²) in [6, 6.07) is 9.24. The molecular weight excluding hydrogens is 228 g/mol. The van der Waals surface area contributed by atoms with Crippen LogP contribution >= 0.6 is 0 Å². The lowest BCUT2D eigenvalue weighted by Crippen LogP contribution is -2.02. The van der Waals surface area contributed by atoms with Crippen LogP contribution in [0.2, 0.25) is 0 Å². The Morgan fingerprint density at radius 3 is 2.83 bits per heavy atom. The highest BCUT2D eigenvalue weighted by molar-refractivity contribution is 5.55. The second kappa shape index (κ2) is 5.40. The molecule has 2 aromatic rings. The van der Waals surface area contributed by atoms with E-state index in [-0.39, 0.29) is 0 Å². The first-order valence-electron chi connectivity index (χ1n) is 5.67. The summed E-state index contributed by atoms with van der Waals surface area (Å²) in [6.45, 7) is 2.39. The monoisotopic (exact) mass is 244 g/mol. The number of rotatable bonds is 4. The Labute approximate surface area is 106 Å². The quantitative estimate of drug-likeness (QED) is 0.840. The van der Waals surface area contributed by atoms with Gasteiger partial charge in [0, 0.05) is 12.3 Å². The molecule has 0 unspecified atom stereocenters. The fourth-order valence-corrected chi connectivity index (χ4v) is 1.58. The third-order valence-corrected chi connectivity index (χ3v) is 2.70. The number of nitrogens with zero attached hydrogens (tertiary/aromatic N) is 1. The third kappa shape index (κ3) is 2.71. The summed E-state index contributed by atoms with van der Waals surface area (Å²) < 4.78 is 10.8. The minimum absolute atomic E-state index is 0.393. The van der Waals surface area contributed by atoms with Gasteiger partial charge in [0.2, 0.25) is 0 Å². The summed E-state index contributed by atoms with van der Waals surface area (Å²) >= 11 is 0. The number of aryl methyl sites for hydroxylation is 1. The van der Waals surface area contributed by atoms with Gasteiger partial charge in [0.15, 0.2) is 0 Å². The molecule has 0 saturated heterocycles. The summed E-state index contributed by atoms with van der Waals surface area (Å²) in [7, 11) is 1.61. The highest BCUT2D eigenvalue weighted by Crippen LogP contribution is 2.27. The van der Waals surface area contributed by atoms with E-state index >= 15 is 0 Å². The molecule has 0 fully saturated rings. The molecule has 1 heterocycles. The Balaban J connectivity index is 2.13. The smallest absolute Gasteiger partial charge is 0.146 e. The summed E-state index contributed by atoms with van der Waals surface area (Å²) in [4.78, 5) is 4.27. The molecular formula is C14H16N2O2. The van der Waals surface area contributed by atoms with Crippen molar-refractivity contribution < 1.29 is 9.47 Å². The molecule has 0 radical (unpaired) electrons. The van der Waals surface area contributed by atoms with Crippen molar-refractivity contribution in [3.8, 4) is 11.5 Å². The molecule has 0 saturated carbocycles. The van der Waals surface area contributed by atoms with Crippen molar-refractivity contribution in [2.24, 2.45) is 0 Å². The number of hydrogen-bond donors (Lipinski definition) is 1. The van der Waals surface area contributed by atoms with Crippen LogP contribution < -0.4 is 15.2 Å². The van der Waals surface area contributed by atoms with Crippen LogP contribution in [0.5, 0.6) is 11.5 Å². The van der Waals surface area contributed by atoms with Crippen LogP contribution in [0.15, 0.2) is 36.5 Å². The van der Waals surface area contributed by atoms with Gasteiger partial charge < -0.3 is 15.2 Å². The number of methoxy groups -OCH3 is 1. The average Bonchev–Trinajstić information content (AvgIpc) is 2.39. The molecule has 94 valence electrons. The van der Waals surface area contributed by atoms with Crippen molar-refractivity contribution in [1.82, 2.24) is 4.98 Å². The van der Waals surface area contributed by atoms with Crippen LogP contribution in [-0.4, -0.2) is 12.1 Å². The topological polar surface area (TPSA) is 57.4 Å². The first kappa shape index (κ1) is 12.2. The predicted octanol–water partition coefficient (Wildman–Crippen LogP) is 2.56. The number of aromatic nitrogens is 1. The molecule has 2 rings (SSSR count). The van der Waals surface area contributed by atoms with Crippen LogP contribution in [0.25, 0.3) is 0 Å². The molecule has 4 nitrogen and oxygen atoms in total. The lowest BCUT2D eigenvalue weighted by molar-refractivity contribution is 0.300. The molecule has 0 spiro atoms. The molecule has 0 amide bonds. The van der Waals surface area contributed by atoms with E-state index in [1.807, 2.05) is 19.1 Å². The standard InChI is InChI=1S/C14H16N2O2/c1-10-4-3-7-16-13(10)9-18-14-8-11(17-2)5-6-12(14)15/h3-8H,9,15H2,1-2H3. The number of benzene rings is 1. The van der Waals surface area contributed by atoms with Crippen LogP contribution in [-0.2, 0) is 6.61 Å². The maximum Gasteiger partial charge on any atom is 0.146 e. The summed E-state index contributed by atoms with van der Waals surface area (Å²) in [5, 5.41) is 0. The van der Waals surface area contributed by atoms with Crippen molar-refractivity contribution in [2.75, 3.05) is 12.8 Å². The van der Waals surface area contributed by atoms with E-state index in [4.69, 9.17) is 15.2 Å². The number of nitrogen functional groups attached to an aromatic ring is 1. The van der Waals surface area contributed by atoms with E-state index < -0.39 is 0 Å². The normalized spacial score (nSPS) is 10.1. The van der Waals surface area contributed by atoms with Crippen LogP contribution in [0, 0.1) is 6.92 Å². The van der Waals surface area contributed by atoms with E-state index in [1.165, 1.54) is 0 Å². The number of nitrogens with two attached hydrogens (primary N) is 1. The van der Waals surface area contributed by atoms with E-state index in [2.05, 4.69) is 4.98 Å². The second-order valence-corrected chi connectivity index (χ2v) is 3.96. The molecule has 0 aliphatic rings. The minimum Gasteiger partial charge on any atom is -0.497 e. The number of pyridine rings is 1. The molecule has 4 heteroatoms. The van der Waals surface area contributed by atoms with Crippen molar-refractivity contribution in [1.29, 1.82) is 0 Å². The first-order chi connectivity index (χ1) is 8.70. The molecule has 1 aromatic carbocycles. The molecule has 1 aromatic heterocycles. The zero-order chi connectivity index (χ0) is 13.0. The van der Waals surface area contributed by atoms with Gasteiger partial charge in [0.25, 0.3) is 0 Å². The Bertz CT molecular complexity index is 541. The van der Waals surface area contributed by atoms with Gasteiger partial charge in [-0.3, -0.25) is 4.98 Å². The third-order valence-electron chi connectivity index (χ3n) is 2.70. The fraction of sp³-hybridized carbons (Fsp3) is 0.214. The highest BCUT2D eigenvalue weighted by Gasteiger charge is 2.05. The molecule has 18 heavy (non-hydrogen) atoms. The number of anilines is 1. The molecule has 0 aliphatic heterocycles. The van der Waals surface area contributed by atoms with Crippen LogP contribution in [0.1, 0.15) is 11.3 Å². The maximum absolute atomic E-state index is 5.85. The lowest BCUT2D eigenvalue weighted by atomic mass is 10.2. The zero-order valence-corrected chi connectivity index (χ0v) is 10.5. The summed E-state index contributed by atoms with van der Waals surface area (Å²) in [6.07, 6.45) is 1.75. The van der Waals surface area contributed by atoms with Gasteiger partial charge in [-0.2, -0.15) is 0 Å². The largest absolute Gasteiger partial charge is 0.497 e. The molecule has 2 N–H and O–H groups in total. The van der Waals surface area contributed by atoms with E-state index in [1.54, 1.807) is 31.5 Å². The van der Waals surface area contributed by atoms with Crippen molar-refractivity contribution in [2.45, 2.75) is 13.5 Å². The highest BCUT2D eigenvalue weighted by atomic mass is 16.5. The van der Waals surface area contributed by atoms with Crippen molar-refractivity contribution >= 4 is 5.69 Å². The molecule has 0 bridgehead atoms. The Hall–Kier alpha value is -2.23. The Morgan fingerprint density at radius 2 is 2.11 bits per heavy atom. The lowest BCUT2D eigenvalue weighted by Gasteiger charge is -2.11. The van der Waals surface area contributed by atoms with Gasteiger partial charge in [0.05, 0.1) is 18.5 Å². The number of hydrogen-bond acceptors (Lipinski definition) is 4. The van der Waals surface area contributed by atoms with E-state index in [9.17, 15) is 0 Å². The van der Waals surface area contributed by atoms with Crippen LogP contribution in [0.4, 0.5) is 5.69 Å². The second-order valence-electron chi connectivity index (χ2n) is 3.96. The van der Waals surface area contributed by atoms with Gasteiger partial charge in [-0.05, 0) is 30.7 Å². The predicted molar refractivity (Wildman–Crippen MR) is 70.7 cm³/mol. The molecule has 0 aliphatic carbocycles. The van der Waals surface area contributed by atoms with Crippen LogP contribution in [0.3, 0.4) is 0 Å². The van der Waals surface area contributed by atoms with Gasteiger partial charge in [-0.25, -0.2) is 0 Å². The maximum atomic E-state index is 5.85. The summed E-state index contributed by atoms with van der Waals surface area (Å²) in [5.74, 6) is 1.33. The summed E-state index contributed by atoms with van der Waals surface area (Å²) in [5.41, 5.74) is 8.43. The van der Waals surface area contributed by atoms with E-state index in [0.29, 0.717) is 18.0 Å². The average molecular weight is 244 g/mol. The van der Waals surface area contributed by atoms with E-state index in [0.717, 1.165) is 17.0 Å². The Kier molecular flexibility index (Phi) is 3.67. The number of ether oxygens (including phenoxy) is 2. The van der Waals surface area contributed by atoms with Crippen molar-refractivity contribution in [3.05, 3.63) is 47.8 Å². The first-order valence-corrected chi connectivity index (χ1v) is 5.67. The van der Waals surface area contributed by atoms with Gasteiger partial charge in [-0.15, -0.1) is 0 Å². The zero-order valence-electron chi connectivity index (χ0n) is 10.5. The van der Waals surface area contributed by atoms with Gasteiger partial charge >= 0.3 is 0 Å². The van der Waals surface area contributed by atoms with Gasteiger partial charge in [0.1, 0.15) is 18.1 Å².